The summed E-state index contributed by atoms with van der Waals surface area (Å²) in [6.07, 6.45) is 4.23. The van der Waals surface area contributed by atoms with E-state index in [2.05, 4.69) is 10.1 Å². The molecular formula is C14H24N2O5. The molecule has 0 heterocycles. The van der Waals surface area contributed by atoms with Gasteiger partial charge in [0, 0.05) is 13.0 Å². The third-order valence-corrected chi connectivity index (χ3v) is 4.15. The molecule has 1 aliphatic carbocycles. The van der Waals surface area contributed by atoms with Crippen molar-refractivity contribution in [2.75, 3.05) is 13.7 Å². The van der Waals surface area contributed by atoms with Gasteiger partial charge in [-0.3, -0.25) is 9.59 Å². The first kappa shape index (κ1) is 17.4. The van der Waals surface area contributed by atoms with E-state index in [1.165, 1.54) is 7.11 Å². The molecule has 0 saturated heterocycles. The molecule has 1 atom stereocenters. The van der Waals surface area contributed by atoms with Crippen molar-refractivity contribution in [2.24, 2.45) is 11.1 Å². The van der Waals surface area contributed by atoms with E-state index in [1.54, 1.807) is 0 Å². The highest BCUT2D eigenvalue weighted by Gasteiger charge is 2.39. The van der Waals surface area contributed by atoms with Gasteiger partial charge in [-0.25, -0.2) is 4.79 Å². The number of esters is 1. The van der Waals surface area contributed by atoms with Crippen LogP contribution in [0.5, 0.6) is 0 Å². The molecule has 0 bridgehead atoms. The van der Waals surface area contributed by atoms with Gasteiger partial charge < -0.3 is 20.9 Å². The molecule has 0 unspecified atom stereocenters. The lowest BCUT2D eigenvalue weighted by Gasteiger charge is -2.35. The number of methoxy groups -OCH3 is 1. The van der Waals surface area contributed by atoms with E-state index in [4.69, 9.17) is 10.8 Å². The predicted octanol–water partition coefficient (Wildman–Crippen LogP) is 0.418. The molecule has 4 N–H and O–H groups in total. The summed E-state index contributed by atoms with van der Waals surface area (Å²) in [5.74, 6) is -1.97. The first-order valence-electron chi connectivity index (χ1n) is 7.26. The van der Waals surface area contributed by atoms with Crippen LogP contribution in [0.4, 0.5) is 0 Å². The summed E-state index contributed by atoms with van der Waals surface area (Å²) in [6, 6.07) is -1.10. The molecule has 21 heavy (non-hydrogen) atoms. The summed E-state index contributed by atoms with van der Waals surface area (Å²) in [5.41, 5.74) is 5.08. The van der Waals surface area contributed by atoms with E-state index >= 15 is 0 Å². The molecular weight excluding hydrogens is 276 g/mol. The van der Waals surface area contributed by atoms with E-state index in [0.717, 1.165) is 19.3 Å². The molecule has 0 aromatic rings. The fourth-order valence-electron chi connectivity index (χ4n) is 2.69. The zero-order chi connectivity index (χ0) is 15.9. The van der Waals surface area contributed by atoms with Gasteiger partial charge in [0.2, 0.25) is 5.91 Å². The minimum absolute atomic E-state index is 0.00833. The van der Waals surface area contributed by atoms with Gasteiger partial charge in [0.05, 0.1) is 12.5 Å². The largest absolute Gasteiger partial charge is 0.480 e. The van der Waals surface area contributed by atoms with Crippen molar-refractivity contribution in [3.05, 3.63) is 0 Å². The first-order valence-corrected chi connectivity index (χ1v) is 7.26. The smallest absolute Gasteiger partial charge is 0.326 e. The lowest BCUT2D eigenvalue weighted by atomic mass is 9.73. The number of carbonyl (C=O) groups is 3. The van der Waals surface area contributed by atoms with Crippen LogP contribution < -0.4 is 11.1 Å². The number of carboxylic acid groups (broad SMARTS) is 1. The normalized spacial score (nSPS) is 18.6. The zero-order valence-electron chi connectivity index (χ0n) is 12.4. The van der Waals surface area contributed by atoms with Crippen LogP contribution in [0.3, 0.4) is 0 Å². The number of rotatable bonds is 7. The Bertz CT molecular complexity index is 391. The minimum atomic E-state index is -1.16. The summed E-state index contributed by atoms with van der Waals surface area (Å²) in [4.78, 5) is 34.7. The van der Waals surface area contributed by atoms with Crippen molar-refractivity contribution in [1.82, 2.24) is 5.32 Å². The predicted molar refractivity (Wildman–Crippen MR) is 75.4 cm³/mol. The molecule has 1 rings (SSSR count). The number of carboxylic acids is 1. The fraction of sp³-hybridized carbons (Fsp3) is 0.786. The number of nitrogens with one attached hydrogen (secondary N) is 1. The topological polar surface area (TPSA) is 119 Å². The number of hydrogen-bond acceptors (Lipinski definition) is 5. The lowest BCUT2D eigenvalue weighted by Crippen LogP contribution is -2.52. The summed E-state index contributed by atoms with van der Waals surface area (Å²) in [6.45, 7) is 0.210. The maximum atomic E-state index is 12.4. The number of nitrogens with two attached hydrogens (primary N) is 1. The molecule has 0 aliphatic heterocycles. The molecule has 7 heteroatoms. The molecule has 0 radical (unpaired) electrons. The summed E-state index contributed by atoms with van der Waals surface area (Å²) in [5, 5.41) is 11.7. The summed E-state index contributed by atoms with van der Waals surface area (Å²) < 4.78 is 4.48. The van der Waals surface area contributed by atoms with Crippen LogP contribution in [-0.4, -0.2) is 42.6 Å². The van der Waals surface area contributed by atoms with Crippen LogP contribution in [0.2, 0.25) is 0 Å². The minimum Gasteiger partial charge on any atom is -0.480 e. The molecule has 1 amide bonds. The maximum Gasteiger partial charge on any atom is 0.326 e. The third kappa shape index (κ3) is 4.70. The Balaban J connectivity index is 2.66. The molecule has 1 aliphatic rings. The van der Waals surface area contributed by atoms with Crippen molar-refractivity contribution in [2.45, 2.75) is 51.0 Å². The molecule has 120 valence electrons. The van der Waals surface area contributed by atoms with E-state index < -0.39 is 23.4 Å². The van der Waals surface area contributed by atoms with E-state index in [1.807, 2.05) is 0 Å². The van der Waals surface area contributed by atoms with Crippen LogP contribution in [-0.2, 0) is 19.1 Å². The van der Waals surface area contributed by atoms with E-state index in [-0.39, 0.29) is 25.3 Å². The first-order chi connectivity index (χ1) is 9.95. The van der Waals surface area contributed by atoms with E-state index in [0.29, 0.717) is 12.8 Å². The number of carbonyl (C=O) groups excluding carboxylic acids is 2. The molecule has 1 fully saturated rings. The highest BCUT2D eigenvalue weighted by molar-refractivity contribution is 5.88. The quantitative estimate of drug-likeness (QED) is 0.586. The van der Waals surface area contributed by atoms with Gasteiger partial charge in [-0.15, -0.1) is 0 Å². The summed E-state index contributed by atoms with van der Waals surface area (Å²) >= 11 is 0. The van der Waals surface area contributed by atoms with Crippen molar-refractivity contribution in [3.63, 3.8) is 0 Å². The van der Waals surface area contributed by atoms with E-state index in [9.17, 15) is 14.4 Å². The highest BCUT2D eigenvalue weighted by atomic mass is 16.5. The van der Waals surface area contributed by atoms with Gasteiger partial charge in [-0.05, 0) is 19.3 Å². The number of amides is 1. The Kier molecular flexibility index (Phi) is 6.61. The van der Waals surface area contributed by atoms with Crippen LogP contribution in [0, 0.1) is 5.41 Å². The van der Waals surface area contributed by atoms with Crippen molar-refractivity contribution in [1.29, 1.82) is 0 Å². The molecule has 0 aromatic carbocycles. The standard InChI is InChI=1S/C14H24N2O5/c1-21-11(17)6-5-10(12(18)19)16-13(20)14(9-15)7-3-2-4-8-14/h10H,2-9,15H2,1H3,(H,16,20)(H,18,19)/t10-/m1/s1. The molecule has 0 aromatic heterocycles. The number of hydrogen-bond donors (Lipinski definition) is 3. The van der Waals surface area contributed by atoms with Crippen LogP contribution in [0.15, 0.2) is 0 Å². The molecule has 0 spiro atoms. The van der Waals surface area contributed by atoms with Crippen LogP contribution >= 0.6 is 0 Å². The number of aliphatic carboxylic acids is 1. The van der Waals surface area contributed by atoms with Crippen molar-refractivity contribution in [3.8, 4) is 0 Å². The van der Waals surface area contributed by atoms with Gasteiger partial charge in [-0.1, -0.05) is 19.3 Å². The van der Waals surface area contributed by atoms with Gasteiger partial charge in [0.1, 0.15) is 6.04 Å². The SMILES string of the molecule is COC(=O)CC[C@@H](NC(=O)C1(CN)CCCCC1)C(=O)O. The van der Waals surface area contributed by atoms with Gasteiger partial charge in [-0.2, -0.15) is 0 Å². The second-order valence-electron chi connectivity index (χ2n) is 5.52. The summed E-state index contributed by atoms with van der Waals surface area (Å²) in [7, 11) is 1.24. The van der Waals surface area contributed by atoms with Crippen LogP contribution in [0.1, 0.15) is 44.9 Å². The maximum absolute atomic E-state index is 12.4. The average molecular weight is 300 g/mol. The van der Waals surface area contributed by atoms with Gasteiger partial charge in [0.15, 0.2) is 0 Å². The lowest BCUT2D eigenvalue weighted by molar-refractivity contribution is -0.146. The Hall–Kier alpha value is -1.63. The second kappa shape index (κ2) is 7.97. The Morgan fingerprint density at radius 2 is 1.90 bits per heavy atom. The molecule has 7 nitrogen and oxygen atoms in total. The Morgan fingerprint density at radius 1 is 1.29 bits per heavy atom. The second-order valence-corrected chi connectivity index (χ2v) is 5.52. The van der Waals surface area contributed by atoms with Crippen LogP contribution in [0.25, 0.3) is 0 Å². The Morgan fingerprint density at radius 3 is 2.38 bits per heavy atom. The Labute approximate surface area is 124 Å². The van der Waals surface area contributed by atoms with Gasteiger partial charge >= 0.3 is 11.9 Å². The average Bonchev–Trinajstić information content (AvgIpc) is 2.50. The monoisotopic (exact) mass is 300 g/mol. The van der Waals surface area contributed by atoms with Crippen molar-refractivity contribution < 1.29 is 24.2 Å². The van der Waals surface area contributed by atoms with Crippen molar-refractivity contribution >= 4 is 17.8 Å². The number of ether oxygens (including phenoxy) is 1. The fourth-order valence-corrected chi connectivity index (χ4v) is 2.69. The zero-order valence-corrected chi connectivity index (χ0v) is 12.4. The highest BCUT2D eigenvalue weighted by Crippen LogP contribution is 2.35. The molecule has 1 saturated carbocycles. The third-order valence-electron chi connectivity index (χ3n) is 4.15. The van der Waals surface area contributed by atoms with Gasteiger partial charge in [0.25, 0.3) is 0 Å².